The molecule has 1 saturated heterocycles. The summed E-state index contributed by atoms with van der Waals surface area (Å²) in [6.45, 7) is 3.54. The number of nitrogens with zero attached hydrogens (tertiary/aromatic N) is 1. The number of rotatable bonds is 10. The van der Waals surface area contributed by atoms with Crippen LogP contribution in [0.5, 0.6) is 11.5 Å². The van der Waals surface area contributed by atoms with Gasteiger partial charge in [0, 0.05) is 24.8 Å². The first-order valence-electron chi connectivity index (χ1n) is 12.0. The van der Waals surface area contributed by atoms with Crippen molar-refractivity contribution in [3.05, 3.63) is 96.1 Å². The molecule has 5 nitrogen and oxygen atoms in total. The Morgan fingerprint density at radius 2 is 1.59 bits per heavy atom. The number of nitrogens with two attached hydrogens (primary N) is 1. The maximum atomic E-state index is 13.3. The molecule has 0 aromatic heterocycles. The Kier molecular flexibility index (Phi) is 7.23. The minimum atomic E-state index is -0.838. The molecule has 3 aromatic carbocycles. The number of primary amides is 1. The lowest BCUT2D eigenvalue weighted by molar-refractivity contribution is -0.899. The molecule has 178 valence electrons. The van der Waals surface area contributed by atoms with Crippen molar-refractivity contribution < 1.29 is 18.8 Å². The van der Waals surface area contributed by atoms with Crippen molar-refractivity contribution in [1.29, 1.82) is 0 Å². The predicted molar refractivity (Wildman–Crippen MR) is 135 cm³/mol. The molecule has 0 spiro atoms. The summed E-state index contributed by atoms with van der Waals surface area (Å²) in [5.74, 6) is 1.47. The maximum absolute atomic E-state index is 13.3. The first-order valence-corrected chi connectivity index (χ1v) is 12.0. The summed E-state index contributed by atoms with van der Waals surface area (Å²) in [5.41, 5.74) is 7.36. The summed E-state index contributed by atoms with van der Waals surface area (Å²) < 4.78 is 12.1. The van der Waals surface area contributed by atoms with Gasteiger partial charge >= 0.3 is 0 Å². The fraction of sp³-hybridized carbons (Fsp3) is 0.345. The molecule has 5 heteroatoms. The third-order valence-electron chi connectivity index (χ3n) is 7.29. The summed E-state index contributed by atoms with van der Waals surface area (Å²) >= 11 is 0. The first-order chi connectivity index (χ1) is 16.5. The molecule has 34 heavy (non-hydrogen) atoms. The fourth-order valence-corrected chi connectivity index (χ4v) is 5.59. The van der Waals surface area contributed by atoms with Crippen molar-refractivity contribution >= 4 is 5.91 Å². The van der Waals surface area contributed by atoms with Gasteiger partial charge in [-0.15, -0.1) is 0 Å². The van der Waals surface area contributed by atoms with Gasteiger partial charge in [-0.3, -0.25) is 4.79 Å². The predicted octanol–water partition coefficient (Wildman–Crippen LogP) is 4.40. The lowest BCUT2D eigenvalue weighted by Crippen LogP contribution is -2.51. The van der Waals surface area contributed by atoms with Crippen LogP contribution in [0.4, 0.5) is 0 Å². The zero-order chi connectivity index (χ0) is 24.0. The smallest absolute Gasteiger partial charge is 0.233 e. The van der Waals surface area contributed by atoms with Crippen molar-refractivity contribution in [3.8, 4) is 11.5 Å². The maximum Gasteiger partial charge on any atom is 0.233 e. The number of hydrogen-bond acceptors (Lipinski definition) is 3. The van der Waals surface area contributed by atoms with E-state index in [2.05, 4.69) is 7.05 Å². The monoisotopic (exact) mass is 459 g/mol. The average molecular weight is 460 g/mol. The van der Waals surface area contributed by atoms with Crippen LogP contribution in [-0.4, -0.2) is 50.8 Å². The van der Waals surface area contributed by atoms with Gasteiger partial charge in [0.1, 0.15) is 16.9 Å². The Morgan fingerprint density at radius 1 is 0.971 bits per heavy atom. The van der Waals surface area contributed by atoms with E-state index in [9.17, 15) is 4.79 Å². The molecule has 1 unspecified atom stereocenters. The minimum absolute atomic E-state index is 0.124. The molecule has 1 amide bonds. The van der Waals surface area contributed by atoms with Crippen molar-refractivity contribution in [2.45, 2.75) is 18.3 Å². The second kappa shape index (κ2) is 10.3. The Hall–Kier alpha value is -3.31. The van der Waals surface area contributed by atoms with Crippen LogP contribution in [0.1, 0.15) is 24.0 Å². The number of likely N-dealkylation sites (tertiary alicyclic amines) is 1. The summed E-state index contributed by atoms with van der Waals surface area (Å²) in [4.78, 5) is 13.3. The first kappa shape index (κ1) is 23.8. The van der Waals surface area contributed by atoms with Crippen LogP contribution in [0.25, 0.3) is 0 Å². The topological polar surface area (TPSA) is 61.6 Å². The molecule has 0 saturated carbocycles. The molecule has 2 atom stereocenters. The van der Waals surface area contributed by atoms with Gasteiger partial charge in [-0.1, -0.05) is 66.7 Å². The summed E-state index contributed by atoms with van der Waals surface area (Å²) in [6.07, 6.45) is 1.88. The molecule has 1 aliphatic rings. The number of methoxy groups -OCH3 is 1. The number of carbonyl (C=O) groups excluding carboxylic acids is 1. The van der Waals surface area contributed by atoms with Crippen LogP contribution in [-0.2, 0) is 10.2 Å². The van der Waals surface area contributed by atoms with Crippen LogP contribution < -0.4 is 15.2 Å². The van der Waals surface area contributed by atoms with Gasteiger partial charge in [-0.25, -0.2) is 0 Å². The molecule has 1 heterocycles. The van der Waals surface area contributed by atoms with Gasteiger partial charge in [0.05, 0.1) is 40.4 Å². The van der Waals surface area contributed by atoms with Gasteiger partial charge in [0.2, 0.25) is 5.91 Å². The molecular formula is C29H35N2O3+. The van der Waals surface area contributed by atoms with Gasteiger partial charge in [0.15, 0.2) is 0 Å². The zero-order valence-electron chi connectivity index (χ0n) is 20.2. The van der Waals surface area contributed by atoms with E-state index in [-0.39, 0.29) is 11.8 Å². The SMILES string of the molecule is COc1cccc(OCCC[N@+]2(C)CCC(C(C(N)=O)(c3ccccc3)c3ccccc3)C2)c1. The number of amides is 1. The van der Waals surface area contributed by atoms with Crippen LogP contribution >= 0.6 is 0 Å². The average Bonchev–Trinajstić information content (AvgIpc) is 3.26. The minimum Gasteiger partial charge on any atom is -0.497 e. The number of quaternary nitrogens is 1. The Bertz CT molecular complexity index is 1050. The molecule has 4 rings (SSSR count). The van der Waals surface area contributed by atoms with Gasteiger partial charge < -0.3 is 19.7 Å². The summed E-state index contributed by atoms with van der Waals surface area (Å²) in [6, 6.07) is 27.8. The largest absolute Gasteiger partial charge is 0.497 e. The second-order valence-corrected chi connectivity index (χ2v) is 9.52. The van der Waals surface area contributed by atoms with E-state index >= 15 is 0 Å². The highest BCUT2D eigenvalue weighted by Gasteiger charge is 2.53. The molecule has 0 aliphatic carbocycles. The third kappa shape index (κ3) is 4.80. The van der Waals surface area contributed by atoms with E-state index in [1.165, 1.54) is 0 Å². The molecule has 0 radical (unpaired) electrons. The molecule has 1 fully saturated rings. The lowest BCUT2D eigenvalue weighted by atomic mass is 9.64. The van der Waals surface area contributed by atoms with Crippen LogP contribution in [0, 0.1) is 5.92 Å². The van der Waals surface area contributed by atoms with E-state index < -0.39 is 5.41 Å². The second-order valence-electron chi connectivity index (χ2n) is 9.52. The van der Waals surface area contributed by atoms with Gasteiger partial charge in [0.25, 0.3) is 0 Å². The van der Waals surface area contributed by atoms with E-state index in [0.717, 1.165) is 59.6 Å². The van der Waals surface area contributed by atoms with E-state index in [1.807, 2.05) is 84.9 Å². The summed E-state index contributed by atoms with van der Waals surface area (Å²) in [5, 5.41) is 0. The van der Waals surface area contributed by atoms with Crippen molar-refractivity contribution in [2.24, 2.45) is 11.7 Å². The number of ether oxygens (including phenoxy) is 2. The fourth-order valence-electron chi connectivity index (χ4n) is 5.59. The van der Waals surface area contributed by atoms with Gasteiger partial charge in [-0.05, 0) is 23.3 Å². The van der Waals surface area contributed by atoms with E-state index in [1.54, 1.807) is 7.11 Å². The van der Waals surface area contributed by atoms with E-state index in [4.69, 9.17) is 15.2 Å². The molecule has 2 N–H and O–H groups in total. The molecular weight excluding hydrogens is 424 g/mol. The number of carbonyl (C=O) groups is 1. The Labute approximate surface area is 202 Å². The van der Waals surface area contributed by atoms with Crippen molar-refractivity contribution in [1.82, 2.24) is 0 Å². The van der Waals surface area contributed by atoms with Crippen molar-refractivity contribution in [3.63, 3.8) is 0 Å². The number of benzene rings is 3. The lowest BCUT2D eigenvalue weighted by Gasteiger charge is -2.38. The standard InChI is InChI=1S/C29H34N2O3/c1-31(18-10-20-34-27-16-9-15-26(21-27)33-2)19-17-25(22-31)29(28(30)32,23-11-5-3-6-12-23)24-13-7-4-8-14-24/h3-9,11-16,21,25H,10,17-20,22H2,1-2H3,(H-,30,32)/p+1/t25?,31-/m1/s1. The van der Waals surface area contributed by atoms with Crippen molar-refractivity contribution in [2.75, 3.05) is 40.4 Å². The normalized spacial score (nSPS) is 20.1. The van der Waals surface area contributed by atoms with Crippen LogP contribution in [0.3, 0.4) is 0 Å². The third-order valence-corrected chi connectivity index (χ3v) is 7.29. The Balaban J connectivity index is 1.50. The molecule has 3 aromatic rings. The quantitative estimate of drug-likeness (QED) is 0.361. The summed E-state index contributed by atoms with van der Waals surface area (Å²) in [7, 11) is 3.94. The van der Waals surface area contributed by atoms with E-state index in [0.29, 0.717) is 6.61 Å². The Morgan fingerprint density at radius 3 is 2.18 bits per heavy atom. The highest BCUT2D eigenvalue weighted by atomic mass is 16.5. The molecule has 1 aliphatic heterocycles. The van der Waals surface area contributed by atoms with Gasteiger partial charge in [-0.2, -0.15) is 0 Å². The van der Waals surface area contributed by atoms with Crippen LogP contribution in [0.2, 0.25) is 0 Å². The highest BCUT2D eigenvalue weighted by Crippen LogP contribution is 2.45. The van der Waals surface area contributed by atoms with Crippen LogP contribution in [0.15, 0.2) is 84.9 Å². The molecule has 0 bridgehead atoms. The zero-order valence-corrected chi connectivity index (χ0v) is 20.2. The number of hydrogen-bond donors (Lipinski definition) is 1. The highest BCUT2D eigenvalue weighted by molar-refractivity contribution is 5.91.